The van der Waals surface area contributed by atoms with Crippen molar-refractivity contribution in [1.29, 1.82) is 0 Å². The summed E-state index contributed by atoms with van der Waals surface area (Å²) in [4.78, 5) is 16.7. The minimum Gasteiger partial charge on any atom is -0.497 e. The predicted molar refractivity (Wildman–Crippen MR) is 91.4 cm³/mol. The van der Waals surface area contributed by atoms with Gasteiger partial charge in [0.2, 0.25) is 0 Å². The molecule has 126 valence electrons. The van der Waals surface area contributed by atoms with Gasteiger partial charge in [-0.15, -0.1) is 0 Å². The molecule has 0 spiro atoms. The van der Waals surface area contributed by atoms with Crippen LogP contribution < -0.4 is 15.2 Å². The van der Waals surface area contributed by atoms with Gasteiger partial charge in [-0.1, -0.05) is 16.8 Å². The van der Waals surface area contributed by atoms with Crippen LogP contribution in [0.25, 0.3) is 0 Å². The van der Waals surface area contributed by atoms with E-state index in [1.165, 1.54) is 0 Å². The van der Waals surface area contributed by atoms with Crippen molar-refractivity contribution in [3.63, 3.8) is 0 Å². The number of nitrogens with two attached hydrogens (primary N) is 1. The van der Waals surface area contributed by atoms with Crippen molar-refractivity contribution in [2.45, 2.75) is 13.0 Å². The molecule has 0 amide bonds. The molecule has 0 saturated heterocycles. The van der Waals surface area contributed by atoms with Gasteiger partial charge in [0.05, 0.1) is 7.11 Å². The van der Waals surface area contributed by atoms with E-state index in [9.17, 15) is 4.79 Å². The van der Waals surface area contributed by atoms with Crippen LogP contribution in [0.5, 0.6) is 11.5 Å². The Kier molecular flexibility index (Phi) is 6.03. The van der Waals surface area contributed by atoms with Gasteiger partial charge in [-0.3, -0.25) is 0 Å². The smallest absolute Gasteiger partial charge is 0.374 e. The Morgan fingerprint density at radius 1 is 1.08 bits per heavy atom. The second kappa shape index (κ2) is 8.21. The molecule has 6 nitrogen and oxygen atoms in total. The van der Waals surface area contributed by atoms with E-state index in [4.69, 9.17) is 31.6 Å². The summed E-state index contributed by atoms with van der Waals surface area (Å²) in [6, 6.07) is 13.5. The molecule has 2 N–H and O–H groups in total. The molecule has 0 bridgehead atoms. The Morgan fingerprint density at radius 2 is 1.67 bits per heavy atom. The molecule has 0 aliphatic carbocycles. The Hall–Kier alpha value is -2.73. The minimum atomic E-state index is -0.847. The number of ether oxygens (including phenoxy) is 2. The predicted octanol–water partition coefficient (Wildman–Crippen LogP) is 2.98. The van der Waals surface area contributed by atoms with Gasteiger partial charge in [0.1, 0.15) is 11.5 Å². The topological polar surface area (TPSA) is 83.1 Å². The molecule has 0 heterocycles. The lowest BCUT2D eigenvalue weighted by atomic mass is 10.2. The minimum absolute atomic E-state index is 0.0664. The average Bonchev–Trinajstić information content (AvgIpc) is 2.60. The molecule has 0 aliphatic rings. The van der Waals surface area contributed by atoms with Crippen LogP contribution in [-0.4, -0.2) is 25.0 Å². The first-order valence-electron chi connectivity index (χ1n) is 7.10. The van der Waals surface area contributed by atoms with Crippen LogP contribution in [0.15, 0.2) is 53.7 Å². The zero-order chi connectivity index (χ0) is 17.5. The Balaban J connectivity index is 1.92. The van der Waals surface area contributed by atoms with E-state index in [1.54, 1.807) is 62.6 Å². The highest BCUT2D eigenvalue weighted by Gasteiger charge is 2.17. The molecule has 0 aromatic heterocycles. The highest BCUT2D eigenvalue weighted by molar-refractivity contribution is 6.30. The molecule has 1 atom stereocenters. The fourth-order valence-electron chi connectivity index (χ4n) is 1.75. The van der Waals surface area contributed by atoms with E-state index in [0.717, 1.165) is 0 Å². The molecular formula is C17H17ClN2O4. The zero-order valence-electron chi connectivity index (χ0n) is 13.2. The summed E-state index contributed by atoms with van der Waals surface area (Å²) in [6.07, 6.45) is -0.847. The standard InChI is InChI=1S/C17H17ClN2O4/c1-11(23-15-9-7-14(22-2)8-10-15)17(21)24-20-16(19)12-3-5-13(18)6-4-12/h3-11H,1-2H3,(H2,19,20)/t11-/m0/s1. The van der Waals surface area contributed by atoms with Crippen molar-refractivity contribution in [3.05, 3.63) is 59.1 Å². The normalized spacial score (nSPS) is 12.4. The third-order valence-corrected chi connectivity index (χ3v) is 3.33. The molecule has 2 aromatic carbocycles. The third-order valence-electron chi connectivity index (χ3n) is 3.08. The van der Waals surface area contributed by atoms with Gasteiger partial charge in [0, 0.05) is 10.6 Å². The number of halogens is 1. The molecule has 24 heavy (non-hydrogen) atoms. The maximum Gasteiger partial charge on any atom is 0.374 e. The van der Waals surface area contributed by atoms with Crippen molar-refractivity contribution in [1.82, 2.24) is 0 Å². The number of amidine groups is 1. The van der Waals surface area contributed by atoms with Crippen LogP contribution >= 0.6 is 11.6 Å². The lowest BCUT2D eigenvalue weighted by molar-refractivity contribution is -0.151. The van der Waals surface area contributed by atoms with Crippen LogP contribution in [0.3, 0.4) is 0 Å². The van der Waals surface area contributed by atoms with Crippen LogP contribution in [0.4, 0.5) is 0 Å². The number of hydrogen-bond donors (Lipinski definition) is 1. The molecule has 0 aliphatic heterocycles. The third kappa shape index (κ3) is 4.89. The Bertz CT molecular complexity index is 714. The summed E-state index contributed by atoms with van der Waals surface area (Å²) >= 11 is 5.79. The first kappa shape index (κ1) is 17.6. The van der Waals surface area contributed by atoms with Crippen molar-refractivity contribution in [2.75, 3.05) is 7.11 Å². The number of carbonyl (C=O) groups excluding carboxylic acids is 1. The summed E-state index contributed by atoms with van der Waals surface area (Å²) in [6.45, 7) is 1.56. The number of oxime groups is 1. The molecule has 2 rings (SSSR count). The van der Waals surface area contributed by atoms with E-state index in [-0.39, 0.29) is 5.84 Å². The van der Waals surface area contributed by atoms with Gasteiger partial charge in [0.25, 0.3) is 0 Å². The number of methoxy groups -OCH3 is 1. The molecule has 0 radical (unpaired) electrons. The van der Waals surface area contributed by atoms with E-state index in [1.807, 2.05) is 0 Å². The van der Waals surface area contributed by atoms with Crippen molar-refractivity contribution in [3.8, 4) is 11.5 Å². The van der Waals surface area contributed by atoms with Crippen molar-refractivity contribution >= 4 is 23.4 Å². The van der Waals surface area contributed by atoms with Crippen LogP contribution in [-0.2, 0) is 9.63 Å². The number of nitrogens with zero attached hydrogens (tertiary/aromatic N) is 1. The molecule has 7 heteroatoms. The maximum atomic E-state index is 11.9. The van der Waals surface area contributed by atoms with Gasteiger partial charge in [-0.2, -0.15) is 0 Å². The van der Waals surface area contributed by atoms with Crippen LogP contribution in [0, 0.1) is 0 Å². The van der Waals surface area contributed by atoms with Gasteiger partial charge < -0.3 is 20.0 Å². The number of carbonyl (C=O) groups is 1. The van der Waals surface area contributed by atoms with Crippen molar-refractivity contribution < 1.29 is 19.1 Å². The molecule has 0 saturated carbocycles. The largest absolute Gasteiger partial charge is 0.497 e. The first-order valence-corrected chi connectivity index (χ1v) is 7.48. The molecular weight excluding hydrogens is 332 g/mol. The fourth-order valence-corrected chi connectivity index (χ4v) is 1.87. The van der Waals surface area contributed by atoms with Gasteiger partial charge in [0.15, 0.2) is 11.9 Å². The van der Waals surface area contributed by atoms with Crippen LogP contribution in [0.1, 0.15) is 12.5 Å². The molecule has 2 aromatic rings. The molecule has 0 fully saturated rings. The summed E-state index contributed by atoms with van der Waals surface area (Å²) < 4.78 is 10.5. The SMILES string of the molecule is COc1ccc(O[C@@H](C)C(=O)O/N=C(/N)c2ccc(Cl)cc2)cc1. The van der Waals surface area contributed by atoms with E-state index in [2.05, 4.69) is 5.16 Å². The second-order valence-corrected chi connectivity index (χ2v) is 5.27. The Morgan fingerprint density at radius 3 is 2.25 bits per heavy atom. The first-order chi connectivity index (χ1) is 11.5. The van der Waals surface area contributed by atoms with Gasteiger partial charge in [-0.05, 0) is 55.5 Å². The summed E-state index contributed by atoms with van der Waals surface area (Å²) in [7, 11) is 1.57. The van der Waals surface area contributed by atoms with E-state index < -0.39 is 12.1 Å². The second-order valence-electron chi connectivity index (χ2n) is 4.83. The highest BCUT2D eigenvalue weighted by Crippen LogP contribution is 2.18. The number of hydrogen-bond acceptors (Lipinski definition) is 5. The maximum absolute atomic E-state index is 11.9. The molecule has 0 unspecified atom stereocenters. The number of rotatable bonds is 6. The highest BCUT2D eigenvalue weighted by atomic mass is 35.5. The van der Waals surface area contributed by atoms with Crippen LogP contribution in [0.2, 0.25) is 5.02 Å². The summed E-state index contributed by atoms with van der Waals surface area (Å²) in [5, 5.41) is 4.19. The zero-order valence-corrected chi connectivity index (χ0v) is 14.0. The fraction of sp³-hybridized carbons (Fsp3) is 0.176. The Labute approximate surface area is 144 Å². The van der Waals surface area contributed by atoms with Gasteiger partial charge >= 0.3 is 5.97 Å². The quantitative estimate of drug-likeness (QED) is 0.375. The van der Waals surface area contributed by atoms with Crippen molar-refractivity contribution in [2.24, 2.45) is 10.9 Å². The average molecular weight is 349 g/mol. The summed E-state index contributed by atoms with van der Waals surface area (Å²) in [5.41, 5.74) is 6.35. The summed E-state index contributed by atoms with van der Waals surface area (Å²) in [5.74, 6) is 0.604. The lowest BCUT2D eigenvalue weighted by Gasteiger charge is -2.12. The van der Waals surface area contributed by atoms with E-state index >= 15 is 0 Å². The monoisotopic (exact) mass is 348 g/mol. The lowest BCUT2D eigenvalue weighted by Crippen LogP contribution is -2.26. The van der Waals surface area contributed by atoms with E-state index in [0.29, 0.717) is 22.1 Å². The number of benzene rings is 2. The van der Waals surface area contributed by atoms with Gasteiger partial charge in [-0.25, -0.2) is 4.79 Å².